The average Bonchev–Trinajstić information content (AvgIpc) is 3.30. The third kappa shape index (κ3) is 7.11. The number of benzene rings is 1. The SMILES string of the molecule is CN(C)C(=O)N(CCN1CCOCC1)CC(=O)N(Cc1ccccc1)Cc1ccco1. The fraction of sp³-hybridized carbons (Fsp3) is 0.478. The van der Waals surface area contributed by atoms with Gasteiger partial charge in [-0.1, -0.05) is 30.3 Å². The molecule has 0 saturated carbocycles. The van der Waals surface area contributed by atoms with E-state index in [-0.39, 0.29) is 18.5 Å². The molecule has 31 heavy (non-hydrogen) atoms. The Kier molecular flexibility index (Phi) is 8.49. The van der Waals surface area contributed by atoms with Crippen LogP contribution < -0.4 is 0 Å². The molecule has 1 aromatic heterocycles. The van der Waals surface area contributed by atoms with E-state index in [0.29, 0.717) is 45.2 Å². The van der Waals surface area contributed by atoms with Gasteiger partial charge in [0.2, 0.25) is 5.91 Å². The lowest BCUT2D eigenvalue weighted by Crippen LogP contribution is -2.49. The molecule has 0 radical (unpaired) electrons. The fourth-order valence-electron chi connectivity index (χ4n) is 3.50. The summed E-state index contributed by atoms with van der Waals surface area (Å²) in [4.78, 5) is 33.2. The number of nitrogens with zero attached hydrogens (tertiary/aromatic N) is 4. The van der Waals surface area contributed by atoms with Crippen molar-refractivity contribution < 1.29 is 18.7 Å². The van der Waals surface area contributed by atoms with Gasteiger partial charge >= 0.3 is 6.03 Å². The third-order valence-corrected chi connectivity index (χ3v) is 5.26. The Bertz CT molecular complexity index is 804. The normalized spacial score (nSPS) is 14.3. The molecule has 1 saturated heterocycles. The van der Waals surface area contributed by atoms with Gasteiger partial charge in [-0.25, -0.2) is 4.79 Å². The molecule has 0 N–H and O–H groups in total. The molecule has 0 aliphatic carbocycles. The average molecular weight is 429 g/mol. The number of rotatable bonds is 9. The van der Waals surface area contributed by atoms with E-state index < -0.39 is 0 Å². The van der Waals surface area contributed by atoms with Crippen LogP contribution in [0.1, 0.15) is 11.3 Å². The zero-order valence-electron chi connectivity index (χ0n) is 18.4. The molecule has 168 valence electrons. The molecule has 0 spiro atoms. The van der Waals surface area contributed by atoms with Crippen molar-refractivity contribution in [2.24, 2.45) is 0 Å². The highest BCUT2D eigenvalue weighted by Crippen LogP contribution is 2.12. The van der Waals surface area contributed by atoms with Gasteiger partial charge in [0.1, 0.15) is 12.3 Å². The zero-order chi connectivity index (χ0) is 22.1. The van der Waals surface area contributed by atoms with Crippen LogP contribution in [-0.2, 0) is 22.6 Å². The highest BCUT2D eigenvalue weighted by Gasteiger charge is 2.24. The van der Waals surface area contributed by atoms with Gasteiger partial charge in [-0.2, -0.15) is 0 Å². The van der Waals surface area contributed by atoms with E-state index in [1.165, 1.54) is 4.90 Å². The first kappa shape index (κ1) is 22.8. The minimum absolute atomic E-state index is 0.0227. The van der Waals surface area contributed by atoms with Crippen LogP contribution >= 0.6 is 0 Å². The highest BCUT2D eigenvalue weighted by atomic mass is 16.5. The van der Waals surface area contributed by atoms with Gasteiger partial charge in [0.15, 0.2) is 0 Å². The summed E-state index contributed by atoms with van der Waals surface area (Å²) in [6.45, 7) is 5.13. The largest absolute Gasteiger partial charge is 0.467 e. The maximum atomic E-state index is 13.3. The molecular formula is C23H32N4O4. The Morgan fingerprint density at radius 3 is 2.35 bits per heavy atom. The van der Waals surface area contributed by atoms with Crippen molar-refractivity contribution in [2.45, 2.75) is 13.1 Å². The van der Waals surface area contributed by atoms with E-state index in [4.69, 9.17) is 9.15 Å². The minimum Gasteiger partial charge on any atom is -0.467 e. The van der Waals surface area contributed by atoms with E-state index in [2.05, 4.69) is 4.90 Å². The Hall–Kier alpha value is -2.84. The second-order valence-electron chi connectivity index (χ2n) is 7.87. The Morgan fingerprint density at radius 1 is 0.968 bits per heavy atom. The monoisotopic (exact) mass is 428 g/mol. The van der Waals surface area contributed by atoms with Crippen LogP contribution in [-0.4, -0.2) is 91.6 Å². The fourth-order valence-corrected chi connectivity index (χ4v) is 3.50. The number of hydrogen-bond acceptors (Lipinski definition) is 5. The lowest BCUT2D eigenvalue weighted by molar-refractivity contribution is -0.133. The second-order valence-corrected chi connectivity index (χ2v) is 7.87. The lowest BCUT2D eigenvalue weighted by Gasteiger charge is -2.32. The molecule has 2 heterocycles. The molecule has 0 atom stereocenters. The molecule has 2 aromatic rings. The van der Waals surface area contributed by atoms with Crippen molar-refractivity contribution in [3.05, 3.63) is 60.1 Å². The van der Waals surface area contributed by atoms with E-state index in [0.717, 1.165) is 18.7 Å². The van der Waals surface area contributed by atoms with Crippen LogP contribution in [0.4, 0.5) is 4.79 Å². The van der Waals surface area contributed by atoms with E-state index in [1.54, 1.807) is 30.2 Å². The van der Waals surface area contributed by atoms with Crippen LogP contribution in [0.25, 0.3) is 0 Å². The van der Waals surface area contributed by atoms with E-state index in [9.17, 15) is 9.59 Å². The molecule has 1 fully saturated rings. The molecule has 0 unspecified atom stereocenters. The van der Waals surface area contributed by atoms with Crippen LogP contribution in [0.2, 0.25) is 0 Å². The number of amides is 3. The van der Waals surface area contributed by atoms with Crippen molar-refractivity contribution in [1.82, 2.24) is 19.6 Å². The topological polar surface area (TPSA) is 69.5 Å². The standard InChI is InChI=1S/C23H32N4O4/c1-24(2)23(29)26(11-10-25-12-15-30-16-13-25)19-22(28)27(18-21-9-6-14-31-21)17-20-7-4-3-5-8-20/h3-9,14H,10-13,15-19H2,1-2H3. The lowest BCUT2D eigenvalue weighted by atomic mass is 10.2. The predicted molar refractivity (Wildman–Crippen MR) is 117 cm³/mol. The molecule has 1 aliphatic rings. The molecule has 3 rings (SSSR count). The summed E-state index contributed by atoms with van der Waals surface area (Å²) in [6, 6.07) is 13.3. The maximum Gasteiger partial charge on any atom is 0.319 e. The number of urea groups is 1. The van der Waals surface area contributed by atoms with Crippen molar-refractivity contribution in [3.8, 4) is 0 Å². The Balaban J connectivity index is 1.68. The highest BCUT2D eigenvalue weighted by molar-refractivity contribution is 5.84. The Morgan fingerprint density at radius 2 is 1.71 bits per heavy atom. The van der Waals surface area contributed by atoms with Gasteiger partial charge in [0.25, 0.3) is 0 Å². The Labute approximate surface area is 183 Å². The summed E-state index contributed by atoms with van der Waals surface area (Å²) in [5, 5.41) is 0. The third-order valence-electron chi connectivity index (χ3n) is 5.26. The number of hydrogen-bond donors (Lipinski definition) is 0. The first-order chi connectivity index (χ1) is 15.0. The molecule has 3 amide bonds. The zero-order valence-corrected chi connectivity index (χ0v) is 18.4. The molecular weight excluding hydrogens is 396 g/mol. The summed E-state index contributed by atoms with van der Waals surface area (Å²) in [7, 11) is 3.41. The van der Waals surface area contributed by atoms with Crippen molar-refractivity contribution in [1.29, 1.82) is 0 Å². The molecule has 1 aromatic carbocycles. The van der Waals surface area contributed by atoms with Gasteiger partial charge < -0.3 is 23.9 Å². The molecule has 8 nitrogen and oxygen atoms in total. The summed E-state index contributed by atoms with van der Waals surface area (Å²) in [5.41, 5.74) is 1.03. The molecule has 8 heteroatoms. The van der Waals surface area contributed by atoms with E-state index >= 15 is 0 Å². The number of morpholine rings is 1. The first-order valence-electron chi connectivity index (χ1n) is 10.6. The van der Waals surface area contributed by atoms with Crippen LogP contribution in [0, 0.1) is 0 Å². The molecule has 1 aliphatic heterocycles. The number of carbonyl (C=O) groups excluding carboxylic acids is 2. The second kappa shape index (κ2) is 11.5. The van der Waals surface area contributed by atoms with Crippen LogP contribution in [0.5, 0.6) is 0 Å². The quantitative estimate of drug-likeness (QED) is 0.612. The summed E-state index contributed by atoms with van der Waals surface area (Å²) in [6.07, 6.45) is 1.60. The van der Waals surface area contributed by atoms with Crippen LogP contribution in [0.3, 0.4) is 0 Å². The predicted octanol–water partition coefficient (Wildman–Crippen LogP) is 2.12. The van der Waals surface area contributed by atoms with Crippen molar-refractivity contribution >= 4 is 11.9 Å². The van der Waals surface area contributed by atoms with Crippen LogP contribution in [0.15, 0.2) is 53.1 Å². The smallest absolute Gasteiger partial charge is 0.319 e. The first-order valence-corrected chi connectivity index (χ1v) is 10.6. The summed E-state index contributed by atoms with van der Waals surface area (Å²) in [5.74, 6) is 0.598. The van der Waals surface area contributed by atoms with E-state index in [1.807, 2.05) is 42.5 Å². The summed E-state index contributed by atoms with van der Waals surface area (Å²) >= 11 is 0. The van der Waals surface area contributed by atoms with Gasteiger partial charge in [0, 0.05) is 46.8 Å². The number of furan rings is 1. The maximum absolute atomic E-state index is 13.3. The number of ether oxygens (including phenoxy) is 1. The van der Waals surface area contributed by atoms with Gasteiger partial charge in [-0.15, -0.1) is 0 Å². The number of carbonyl (C=O) groups is 2. The minimum atomic E-state index is -0.167. The van der Waals surface area contributed by atoms with Gasteiger partial charge in [-0.3, -0.25) is 9.69 Å². The molecule has 0 bridgehead atoms. The van der Waals surface area contributed by atoms with Crippen molar-refractivity contribution in [2.75, 3.05) is 60.0 Å². The summed E-state index contributed by atoms with van der Waals surface area (Å²) < 4.78 is 10.9. The van der Waals surface area contributed by atoms with Crippen molar-refractivity contribution in [3.63, 3.8) is 0 Å². The van der Waals surface area contributed by atoms with Gasteiger partial charge in [-0.05, 0) is 17.7 Å². The van der Waals surface area contributed by atoms with Gasteiger partial charge in [0.05, 0.1) is 26.0 Å².